The van der Waals surface area contributed by atoms with Crippen molar-refractivity contribution in [3.05, 3.63) is 34.9 Å². The molecule has 16 heavy (non-hydrogen) atoms. The lowest BCUT2D eigenvalue weighted by atomic mass is 9.99. The van der Waals surface area contributed by atoms with Gasteiger partial charge in [0.2, 0.25) is 0 Å². The Kier molecular flexibility index (Phi) is 5.54. The second-order valence-electron chi connectivity index (χ2n) is 4.85. The first-order valence-electron chi connectivity index (χ1n) is 6.37. The summed E-state index contributed by atoms with van der Waals surface area (Å²) in [5.41, 5.74) is 3.84. The van der Waals surface area contributed by atoms with Gasteiger partial charge in [0.25, 0.3) is 0 Å². The highest BCUT2D eigenvalue weighted by atomic mass is 16.3. The fraction of sp³-hybridized carbons (Fsp3) is 0.600. The van der Waals surface area contributed by atoms with E-state index in [9.17, 15) is 5.11 Å². The molecule has 0 radical (unpaired) electrons. The van der Waals surface area contributed by atoms with Crippen LogP contribution in [0, 0.1) is 13.8 Å². The van der Waals surface area contributed by atoms with Crippen LogP contribution in [-0.2, 0) is 6.42 Å². The van der Waals surface area contributed by atoms with E-state index in [-0.39, 0.29) is 6.10 Å². The second-order valence-corrected chi connectivity index (χ2v) is 4.85. The standard InChI is InChI=1S/C15H24O/c1-4-5-6-7-15(16)11-14-9-12(2)8-13(3)10-14/h8-10,15-16H,4-7,11H2,1-3H3. The third-order valence-corrected chi connectivity index (χ3v) is 2.89. The highest BCUT2D eigenvalue weighted by molar-refractivity contribution is 5.28. The molecule has 0 saturated heterocycles. The van der Waals surface area contributed by atoms with Crippen molar-refractivity contribution in [1.29, 1.82) is 0 Å². The fourth-order valence-corrected chi connectivity index (χ4v) is 2.19. The third kappa shape index (κ3) is 4.80. The first kappa shape index (κ1) is 13.2. The smallest absolute Gasteiger partial charge is 0.0580 e. The van der Waals surface area contributed by atoms with Crippen LogP contribution in [0.2, 0.25) is 0 Å². The number of aliphatic hydroxyl groups is 1. The number of benzene rings is 1. The van der Waals surface area contributed by atoms with Gasteiger partial charge < -0.3 is 5.11 Å². The Morgan fingerprint density at radius 1 is 1.06 bits per heavy atom. The molecule has 1 nitrogen and oxygen atoms in total. The van der Waals surface area contributed by atoms with Gasteiger partial charge in [0, 0.05) is 0 Å². The molecule has 0 aromatic heterocycles. The zero-order valence-electron chi connectivity index (χ0n) is 10.8. The van der Waals surface area contributed by atoms with Gasteiger partial charge in [-0.2, -0.15) is 0 Å². The largest absolute Gasteiger partial charge is 0.393 e. The van der Waals surface area contributed by atoms with Crippen LogP contribution in [0.25, 0.3) is 0 Å². The molecular weight excluding hydrogens is 196 g/mol. The zero-order chi connectivity index (χ0) is 12.0. The topological polar surface area (TPSA) is 20.2 Å². The third-order valence-electron chi connectivity index (χ3n) is 2.89. The molecule has 0 aliphatic heterocycles. The zero-order valence-corrected chi connectivity index (χ0v) is 10.8. The van der Waals surface area contributed by atoms with Crippen molar-refractivity contribution >= 4 is 0 Å². The van der Waals surface area contributed by atoms with E-state index in [1.807, 2.05) is 0 Å². The van der Waals surface area contributed by atoms with Gasteiger partial charge in [0.15, 0.2) is 0 Å². The number of rotatable bonds is 6. The van der Waals surface area contributed by atoms with Gasteiger partial charge in [0.05, 0.1) is 6.10 Å². The van der Waals surface area contributed by atoms with Crippen LogP contribution in [-0.4, -0.2) is 11.2 Å². The maximum Gasteiger partial charge on any atom is 0.0580 e. The lowest BCUT2D eigenvalue weighted by Gasteiger charge is -2.11. The summed E-state index contributed by atoms with van der Waals surface area (Å²) < 4.78 is 0. The molecule has 0 spiro atoms. The monoisotopic (exact) mass is 220 g/mol. The van der Waals surface area contributed by atoms with Crippen molar-refractivity contribution in [2.45, 2.75) is 59.0 Å². The second kappa shape index (κ2) is 6.70. The van der Waals surface area contributed by atoms with Crippen LogP contribution in [0.15, 0.2) is 18.2 Å². The van der Waals surface area contributed by atoms with E-state index in [1.165, 1.54) is 29.5 Å². The van der Waals surface area contributed by atoms with E-state index in [0.717, 1.165) is 19.3 Å². The summed E-state index contributed by atoms with van der Waals surface area (Å²) in [6, 6.07) is 6.53. The van der Waals surface area contributed by atoms with E-state index < -0.39 is 0 Å². The van der Waals surface area contributed by atoms with Gasteiger partial charge in [-0.1, -0.05) is 55.5 Å². The van der Waals surface area contributed by atoms with Gasteiger partial charge >= 0.3 is 0 Å². The maximum atomic E-state index is 9.91. The maximum absolute atomic E-state index is 9.91. The Morgan fingerprint density at radius 2 is 1.69 bits per heavy atom. The molecule has 0 heterocycles. The highest BCUT2D eigenvalue weighted by Gasteiger charge is 2.05. The van der Waals surface area contributed by atoms with E-state index >= 15 is 0 Å². The first-order valence-corrected chi connectivity index (χ1v) is 6.37. The van der Waals surface area contributed by atoms with Crippen molar-refractivity contribution in [3.63, 3.8) is 0 Å². The summed E-state index contributed by atoms with van der Waals surface area (Å²) >= 11 is 0. The molecule has 90 valence electrons. The average Bonchev–Trinajstić information content (AvgIpc) is 2.16. The minimum Gasteiger partial charge on any atom is -0.393 e. The SMILES string of the molecule is CCCCCC(O)Cc1cc(C)cc(C)c1. The predicted molar refractivity (Wildman–Crippen MR) is 69.8 cm³/mol. The van der Waals surface area contributed by atoms with Crippen molar-refractivity contribution < 1.29 is 5.11 Å². The molecule has 0 amide bonds. The molecule has 1 rings (SSSR count). The molecular formula is C15H24O. The van der Waals surface area contributed by atoms with E-state index in [1.54, 1.807) is 0 Å². The number of unbranched alkanes of at least 4 members (excludes halogenated alkanes) is 2. The summed E-state index contributed by atoms with van der Waals surface area (Å²) in [4.78, 5) is 0. The molecule has 1 N–H and O–H groups in total. The Morgan fingerprint density at radius 3 is 2.25 bits per heavy atom. The average molecular weight is 220 g/mol. The molecule has 0 saturated carbocycles. The Labute approximate surface area is 99.5 Å². The Hall–Kier alpha value is -0.820. The molecule has 0 fully saturated rings. The summed E-state index contributed by atoms with van der Waals surface area (Å²) in [6.07, 6.45) is 5.14. The number of aryl methyl sites for hydroxylation is 2. The van der Waals surface area contributed by atoms with Crippen LogP contribution >= 0.6 is 0 Å². The van der Waals surface area contributed by atoms with Crippen molar-refractivity contribution in [2.24, 2.45) is 0 Å². The predicted octanol–water partition coefficient (Wildman–Crippen LogP) is 3.79. The highest BCUT2D eigenvalue weighted by Crippen LogP contribution is 2.13. The van der Waals surface area contributed by atoms with E-state index in [2.05, 4.69) is 39.0 Å². The molecule has 0 bridgehead atoms. The molecule has 0 aliphatic carbocycles. The Bertz CT molecular complexity index is 297. The molecule has 1 aromatic carbocycles. The normalized spacial score (nSPS) is 12.8. The first-order chi connectivity index (χ1) is 7.61. The fourth-order valence-electron chi connectivity index (χ4n) is 2.19. The van der Waals surface area contributed by atoms with Gasteiger partial charge in [0.1, 0.15) is 0 Å². The number of aliphatic hydroxyl groups excluding tert-OH is 1. The molecule has 1 heteroatoms. The van der Waals surface area contributed by atoms with Crippen LogP contribution in [0.5, 0.6) is 0 Å². The van der Waals surface area contributed by atoms with Crippen LogP contribution in [0.3, 0.4) is 0 Å². The van der Waals surface area contributed by atoms with Crippen LogP contribution < -0.4 is 0 Å². The molecule has 0 aliphatic rings. The summed E-state index contributed by atoms with van der Waals surface area (Å²) in [7, 11) is 0. The lowest BCUT2D eigenvalue weighted by molar-refractivity contribution is 0.161. The minimum atomic E-state index is -0.173. The van der Waals surface area contributed by atoms with Crippen molar-refractivity contribution in [1.82, 2.24) is 0 Å². The van der Waals surface area contributed by atoms with Crippen molar-refractivity contribution in [3.8, 4) is 0 Å². The van der Waals surface area contributed by atoms with Crippen LogP contribution in [0.1, 0.15) is 49.3 Å². The summed E-state index contributed by atoms with van der Waals surface area (Å²) in [5.74, 6) is 0. The van der Waals surface area contributed by atoms with E-state index in [0.29, 0.717) is 0 Å². The van der Waals surface area contributed by atoms with Crippen molar-refractivity contribution in [2.75, 3.05) is 0 Å². The van der Waals surface area contributed by atoms with Gasteiger partial charge in [-0.25, -0.2) is 0 Å². The number of hydrogen-bond acceptors (Lipinski definition) is 1. The quantitative estimate of drug-likeness (QED) is 0.723. The Balaban J connectivity index is 2.45. The number of hydrogen-bond donors (Lipinski definition) is 1. The van der Waals surface area contributed by atoms with Gasteiger partial charge in [-0.3, -0.25) is 0 Å². The summed E-state index contributed by atoms with van der Waals surface area (Å²) in [6.45, 7) is 6.41. The lowest BCUT2D eigenvalue weighted by Crippen LogP contribution is -2.10. The molecule has 1 aromatic rings. The molecule has 1 unspecified atom stereocenters. The van der Waals surface area contributed by atoms with Gasteiger partial charge in [-0.15, -0.1) is 0 Å². The molecule has 1 atom stereocenters. The minimum absolute atomic E-state index is 0.173. The summed E-state index contributed by atoms with van der Waals surface area (Å²) in [5, 5.41) is 9.91. The van der Waals surface area contributed by atoms with Crippen LogP contribution in [0.4, 0.5) is 0 Å². The van der Waals surface area contributed by atoms with Gasteiger partial charge in [-0.05, 0) is 32.3 Å². The van der Waals surface area contributed by atoms with E-state index in [4.69, 9.17) is 0 Å².